The number of ether oxygens (including phenoxy) is 1. The van der Waals surface area contributed by atoms with E-state index in [4.69, 9.17) is 4.74 Å². The highest BCUT2D eigenvalue weighted by Crippen LogP contribution is 2.36. The van der Waals surface area contributed by atoms with Crippen LogP contribution in [0, 0.1) is 5.92 Å². The van der Waals surface area contributed by atoms with Gasteiger partial charge >= 0.3 is 6.18 Å². The van der Waals surface area contributed by atoms with Crippen molar-refractivity contribution in [2.24, 2.45) is 5.92 Å². The summed E-state index contributed by atoms with van der Waals surface area (Å²) in [6, 6.07) is 2.44. The van der Waals surface area contributed by atoms with Crippen LogP contribution in [0.15, 0.2) is 18.3 Å². The molecule has 1 unspecified atom stereocenters. The first kappa shape index (κ1) is 22.5. The molecule has 2 heterocycles. The molecule has 28 heavy (non-hydrogen) atoms. The Morgan fingerprint density at radius 2 is 2.11 bits per heavy atom. The van der Waals surface area contributed by atoms with Crippen LogP contribution in [0.2, 0.25) is 0 Å². The van der Waals surface area contributed by atoms with E-state index in [2.05, 4.69) is 4.98 Å². The van der Waals surface area contributed by atoms with Gasteiger partial charge in [-0.3, -0.25) is 4.79 Å². The highest BCUT2D eigenvalue weighted by molar-refractivity contribution is 5.80. The van der Waals surface area contributed by atoms with Crippen LogP contribution in [0.25, 0.3) is 0 Å². The molecule has 1 aliphatic rings. The maximum absolute atomic E-state index is 13.4. The zero-order valence-corrected chi connectivity index (χ0v) is 16.8. The molecule has 0 saturated carbocycles. The fourth-order valence-corrected chi connectivity index (χ4v) is 3.87. The molecular formula is C20H30F3N3O2. The van der Waals surface area contributed by atoms with E-state index >= 15 is 0 Å². The van der Waals surface area contributed by atoms with Crippen LogP contribution in [-0.2, 0) is 15.7 Å². The highest BCUT2D eigenvalue weighted by Gasteiger charge is 2.38. The molecule has 1 saturated heterocycles. The minimum Gasteiger partial charge on any atom is -0.383 e. The third kappa shape index (κ3) is 5.37. The molecule has 0 aromatic carbocycles. The van der Waals surface area contributed by atoms with E-state index in [1.807, 2.05) is 18.7 Å². The Kier molecular flexibility index (Phi) is 8.10. The fraction of sp³-hybridized carbons (Fsp3) is 0.700. The maximum Gasteiger partial charge on any atom is 0.419 e. The molecule has 158 valence electrons. The van der Waals surface area contributed by atoms with Gasteiger partial charge in [0.25, 0.3) is 0 Å². The number of piperidine rings is 1. The predicted octanol–water partition coefficient (Wildman–Crippen LogP) is 3.98. The van der Waals surface area contributed by atoms with Gasteiger partial charge in [0.1, 0.15) is 5.82 Å². The molecule has 0 bridgehead atoms. The second-order valence-corrected chi connectivity index (χ2v) is 7.15. The third-order valence-corrected chi connectivity index (χ3v) is 5.36. The molecule has 1 aliphatic heterocycles. The van der Waals surface area contributed by atoms with E-state index in [9.17, 15) is 18.0 Å². The molecule has 1 fully saturated rings. The van der Waals surface area contributed by atoms with Crippen molar-refractivity contribution in [3.8, 4) is 0 Å². The van der Waals surface area contributed by atoms with Crippen LogP contribution in [-0.4, -0.2) is 55.2 Å². The largest absolute Gasteiger partial charge is 0.419 e. The molecule has 1 aromatic rings. The number of carbonyl (C=O) groups is 1. The van der Waals surface area contributed by atoms with E-state index in [0.717, 1.165) is 18.9 Å². The average molecular weight is 401 g/mol. The predicted molar refractivity (Wildman–Crippen MR) is 102 cm³/mol. The number of aromatic nitrogens is 1. The normalized spacial score (nSPS) is 17.8. The Balaban J connectivity index is 2.21. The van der Waals surface area contributed by atoms with Crippen molar-refractivity contribution in [1.29, 1.82) is 0 Å². The summed E-state index contributed by atoms with van der Waals surface area (Å²) in [5.41, 5.74) is -0.751. The van der Waals surface area contributed by atoms with Gasteiger partial charge in [-0.1, -0.05) is 13.8 Å². The van der Waals surface area contributed by atoms with Crippen LogP contribution >= 0.6 is 0 Å². The van der Waals surface area contributed by atoms with Crippen molar-refractivity contribution >= 4 is 11.7 Å². The SMILES string of the molecule is CCC(CC)N(CCOC)C(=O)C1CCCN(c2ncccc2C(F)(F)F)C1. The van der Waals surface area contributed by atoms with E-state index in [1.165, 1.54) is 12.3 Å². The molecule has 5 nitrogen and oxygen atoms in total. The van der Waals surface area contributed by atoms with Crippen molar-refractivity contribution in [2.75, 3.05) is 38.3 Å². The third-order valence-electron chi connectivity index (χ3n) is 5.36. The number of alkyl halides is 3. The molecule has 0 spiro atoms. The van der Waals surface area contributed by atoms with Gasteiger partial charge in [0.05, 0.1) is 18.1 Å². The van der Waals surface area contributed by atoms with Crippen molar-refractivity contribution in [3.63, 3.8) is 0 Å². The summed E-state index contributed by atoms with van der Waals surface area (Å²) in [5.74, 6) is -0.423. The summed E-state index contributed by atoms with van der Waals surface area (Å²) in [5, 5.41) is 0. The van der Waals surface area contributed by atoms with Gasteiger partial charge in [-0.2, -0.15) is 13.2 Å². The summed E-state index contributed by atoms with van der Waals surface area (Å²) >= 11 is 0. The summed E-state index contributed by atoms with van der Waals surface area (Å²) in [4.78, 5) is 20.7. The number of carbonyl (C=O) groups excluding carboxylic acids is 1. The lowest BCUT2D eigenvalue weighted by atomic mass is 9.94. The first-order valence-corrected chi connectivity index (χ1v) is 9.90. The fourth-order valence-electron chi connectivity index (χ4n) is 3.87. The van der Waals surface area contributed by atoms with E-state index in [1.54, 1.807) is 12.0 Å². The molecule has 1 aromatic heterocycles. The van der Waals surface area contributed by atoms with E-state index in [-0.39, 0.29) is 30.2 Å². The number of rotatable bonds is 8. The van der Waals surface area contributed by atoms with Crippen LogP contribution < -0.4 is 4.90 Å². The number of hydrogen-bond donors (Lipinski definition) is 0. The minimum absolute atomic E-state index is 0.0000557. The van der Waals surface area contributed by atoms with Gasteiger partial charge in [0.15, 0.2) is 0 Å². The molecular weight excluding hydrogens is 371 g/mol. The van der Waals surface area contributed by atoms with Gasteiger partial charge in [-0.15, -0.1) is 0 Å². The lowest BCUT2D eigenvalue weighted by molar-refractivity contribution is -0.139. The lowest BCUT2D eigenvalue weighted by Crippen LogP contribution is -2.49. The van der Waals surface area contributed by atoms with Gasteiger partial charge in [-0.05, 0) is 37.8 Å². The second-order valence-electron chi connectivity index (χ2n) is 7.15. The topological polar surface area (TPSA) is 45.7 Å². The monoisotopic (exact) mass is 401 g/mol. The standard InChI is InChI=1S/C20H30F3N3O2/c1-4-16(5-2)26(12-13-28-3)19(27)15-8-7-11-25(14-15)18-17(20(21,22)23)9-6-10-24-18/h6,9-10,15-16H,4-5,7-8,11-14H2,1-3H3. The van der Waals surface area contributed by atoms with Gasteiger partial charge in [0, 0.05) is 39.0 Å². The maximum atomic E-state index is 13.4. The summed E-state index contributed by atoms with van der Waals surface area (Å²) in [6.45, 7) is 5.73. The molecule has 1 atom stereocenters. The number of pyridine rings is 1. The Morgan fingerprint density at radius 3 is 2.71 bits per heavy atom. The van der Waals surface area contributed by atoms with Gasteiger partial charge < -0.3 is 14.5 Å². The number of amides is 1. The van der Waals surface area contributed by atoms with Crippen LogP contribution in [0.1, 0.15) is 45.1 Å². The van der Waals surface area contributed by atoms with E-state index in [0.29, 0.717) is 32.5 Å². The van der Waals surface area contributed by atoms with Gasteiger partial charge in [-0.25, -0.2) is 4.98 Å². The van der Waals surface area contributed by atoms with Crippen LogP contribution in [0.4, 0.5) is 19.0 Å². The number of anilines is 1. The van der Waals surface area contributed by atoms with Crippen molar-refractivity contribution in [1.82, 2.24) is 9.88 Å². The number of hydrogen-bond acceptors (Lipinski definition) is 4. The number of nitrogens with zero attached hydrogens (tertiary/aromatic N) is 3. The highest BCUT2D eigenvalue weighted by atomic mass is 19.4. The minimum atomic E-state index is -4.47. The smallest absolute Gasteiger partial charge is 0.383 e. The first-order valence-electron chi connectivity index (χ1n) is 9.90. The molecule has 0 radical (unpaired) electrons. The molecule has 8 heteroatoms. The Morgan fingerprint density at radius 1 is 1.39 bits per heavy atom. The second kappa shape index (κ2) is 10.1. The number of methoxy groups -OCH3 is 1. The Hall–Kier alpha value is -1.83. The first-order chi connectivity index (χ1) is 13.3. The van der Waals surface area contributed by atoms with Crippen LogP contribution in [0.5, 0.6) is 0 Å². The zero-order chi connectivity index (χ0) is 20.7. The molecule has 0 N–H and O–H groups in total. The molecule has 1 amide bonds. The van der Waals surface area contributed by atoms with Crippen molar-refractivity contribution in [2.45, 2.75) is 51.7 Å². The number of halogens is 3. The lowest BCUT2D eigenvalue weighted by Gasteiger charge is -2.38. The summed E-state index contributed by atoms with van der Waals surface area (Å²) in [6.07, 6.45) is -0.105. The Labute approximate surface area is 164 Å². The summed E-state index contributed by atoms with van der Waals surface area (Å²) in [7, 11) is 1.59. The van der Waals surface area contributed by atoms with Gasteiger partial charge in [0.2, 0.25) is 5.91 Å². The zero-order valence-electron chi connectivity index (χ0n) is 16.8. The van der Waals surface area contributed by atoms with Crippen molar-refractivity contribution in [3.05, 3.63) is 23.9 Å². The quantitative estimate of drug-likeness (QED) is 0.661. The Bertz CT molecular complexity index is 635. The van der Waals surface area contributed by atoms with E-state index < -0.39 is 11.7 Å². The summed E-state index contributed by atoms with van der Waals surface area (Å²) < 4.78 is 45.3. The molecule has 2 rings (SSSR count). The molecule has 0 aliphatic carbocycles. The average Bonchev–Trinajstić information content (AvgIpc) is 2.70. The van der Waals surface area contributed by atoms with Crippen molar-refractivity contribution < 1.29 is 22.7 Å². The van der Waals surface area contributed by atoms with Crippen LogP contribution in [0.3, 0.4) is 0 Å².